The lowest BCUT2D eigenvalue weighted by atomic mass is 10.0. The van der Waals surface area contributed by atoms with Crippen LogP contribution in [0.25, 0.3) is 11.1 Å². The Morgan fingerprint density at radius 3 is 2.33 bits per heavy atom. The van der Waals surface area contributed by atoms with Crippen molar-refractivity contribution in [2.24, 2.45) is 0 Å². The summed E-state index contributed by atoms with van der Waals surface area (Å²) in [7, 11) is 0. The lowest BCUT2D eigenvalue weighted by molar-refractivity contribution is -0.147. The molecule has 27 heavy (non-hydrogen) atoms. The second-order valence-corrected chi connectivity index (χ2v) is 7.43. The van der Waals surface area contributed by atoms with Gasteiger partial charge in [0.1, 0.15) is 18.2 Å². The third kappa shape index (κ3) is 7.52. The van der Waals surface area contributed by atoms with Crippen LogP contribution in [0.5, 0.6) is 0 Å². The summed E-state index contributed by atoms with van der Waals surface area (Å²) < 4.78 is 10.5. The van der Waals surface area contributed by atoms with Crippen molar-refractivity contribution in [1.29, 1.82) is 0 Å². The number of alkyl carbamates (subject to hydrolysis) is 1. The van der Waals surface area contributed by atoms with Gasteiger partial charge >= 0.3 is 12.1 Å². The molecule has 1 unspecified atom stereocenters. The van der Waals surface area contributed by atoms with E-state index in [1.807, 2.05) is 37.3 Å². The minimum atomic E-state index is -0.636. The topological polar surface area (TPSA) is 64.6 Å². The Balaban J connectivity index is 1.84. The van der Waals surface area contributed by atoms with Crippen LogP contribution in [0, 0.1) is 0 Å². The lowest BCUT2D eigenvalue weighted by Crippen LogP contribution is -2.36. The smallest absolute Gasteiger partial charge is 0.408 e. The molecule has 0 bridgehead atoms. The van der Waals surface area contributed by atoms with Gasteiger partial charge in [-0.15, -0.1) is 0 Å². The maximum Gasteiger partial charge on any atom is 0.408 e. The molecule has 1 N–H and O–H groups in total. The Kier molecular flexibility index (Phi) is 6.99. The minimum Gasteiger partial charge on any atom is -0.461 e. The molecule has 5 heteroatoms. The van der Waals surface area contributed by atoms with Crippen LogP contribution in [0.3, 0.4) is 0 Å². The van der Waals surface area contributed by atoms with Crippen molar-refractivity contribution in [2.45, 2.75) is 45.8 Å². The third-order valence-electron chi connectivity index (χ3n) is 3.67. The van der Waals surface area contributed by atoms with Gasteiger partial charge in [0.15, 0.2) is 0 Å². The van der Waals surface area contributed by atoms with Crippen LogP contribution in [0.2, 0.25) is 0 Å². The summed E-state index contributed by atoms with van der Waals surface area (Å²) in [5, 5.41) is 2.40. The number of amides is 1. The van der Waals surface area contributed by atoms with Crippen LogP contribution >= 0.6 is 0 Å². The van der Waals surface area contributed by atoms with Gasteiger partial charge in [-0.25, -0.2) is 4.79 Å². The Bertz CT molecular complexity index is 765. The third-order valence-corrected chi connectivity index (χ3v) is 3.67. The molecule has 1 atom stereocenters. The van der Waals surface area contributed by atoms with E-state index < -0.39 is 17.7 Å². The summed E-state index contributed by atoms with van der Waals surface area (Å²) in [5.74, 6) is -0.493. The SMILES string of the molecule is CC(Cc1cccc(-c2ccccc2)c1)OC(=O)CNC(=O)OC(C)(C)C. The monoisotopic (exact) mass is 369 g/mol. The van der Waals surface area contributed by atoms with Gasteiger partial charge in [0.25, 0.3) is 0 Å². The first kappa shape index (κ1) is 20.5. The number of hydrogen-bond donors (Lipinski definition) is 1. The summed E-state index contributed by atoms with van der Waals surface area (Å²) >= 11 is 0. The average Bonchev–Trinajstić information content (AvgIpc) is 2.59. The van der Waals surface area contributed by atoms with Crippen molar-refractivity contribution < 1.29 is 19.1 Å². The van der Waals surface area contributed by atoms with Crippen molar-refractivity contribution >= 4 is 12.1 Å². The van der Waals surface area contributed by atoms with Gasteiger partial charge in [-0.1, -0.05) is 54.6 Å². The molecule has 0 aliphatic heterocycles. The largest absolute Gasteiger partial charge is 0.461 e. The van der Waals surface area contributed by atoms with Crippen LogP contribution in [0.4, 0.5) is 4.79 Å². The van der Waals surface area contributed by atoms with E-state index in [-0.39, 0.29) is 12.6 Å². The molecule has 0 spiro atoms. The van der Waals surface area contributed by atoms with Crippen molar-refractivity contribution in [1.82, 2.24) is 5.32 Å². The zero-order valence-electron chi connectivity index (χ0n) is 16.3. The molecule has 2 aromatic carbocycles. The zero-order chi connectivity index (χ0) is 19.9. The second kappa shape index (κ2) is 9.21. The Hall–Kier alpha value is -2.82. The Morgan fingerprint density at radius 2 is 1.67 bits per heavy atom. The highest BCUT2D eigenvalue weighted by atomic mass is 16.6. The number of benzene rings is 2. The van der Waals surface area contributed by atoms with Crippen molar-refractivity contribution in [3.8, 4) is 11.1 Å². The van der Waals surface area contributed by atoms with E-state index in [0.29, 0.717) is 6.42 Å². The van der Waals surface area contributed by atoms with Crippen molar-refractivity contribution in [3.05, 3.63) is 60.2 Å². The molecule has 0 radical (unpaired) electrons. The standard InChI is InChI=1S/C22H27NO4/c1-16(26-20(24)15-23-21(25)27-22(2,3)4)13-17-9-8-12-19(14-17)18-10-6-5-7-11-18/h5-12,14,16H,13,15H2,1-4H3,(H,23,25). The van der Waals surface area contributed by atoms with Crippen LogP contribution in [0.15, 0.2) is 54.6 Å². The lowest BCUT2D eigenvalue weighted by Gasteiger charge is -2.20. The number of hydrogen-bond acceptors (Lipinski definition) is 4. The van der Waals surface area contributed by atoms with Gasteiger partial charge in [0.05, 0.1) is 0 Å². The number of nitrogens with one attached hydrogen (secondary N) is 1. The molecule has 0 aliphatic carbocycles. The number of esters is 1. The first-order valence-corrected chi connectivity index (χ1v) is 9.03. The molecule has 1 amide bonds. The molecule has 0 saturated heterocycles. The molecule has 2 rings (SSSR count). The highest BCUT2D eigenvalue weighted by Crippen LogP contribution is 2.21. The highest BCUT2D eigenvalue weighted by molar-refractivity contribution is 5.78. The van der Waals surface area contributed by atoms with E-state index >= 15 is 0 Å². The fourth-order valence-electron chi connectivity index (χ4n) is 2.61. The average molecular weight is 369 g/mol. The number of ether oxygens (including phenoxy) is 2. The summed E-state index contributed by atoms with van der Waals surface area (Å²) in [4.78, 5) is 23.5. The molecule has 0 saturated carbocycles. The van der Waals surface area contributed by atoms with Crippen molar-refractivity contribution in [3.63, 3.8) is 0 Å². The highest BCUT2D eigenvalue weighted by Gasteiger charge is 2.17. The maximum absolute atomic E-state index is 11.9. The summed E-state index contributed by atoms with van der Waals surface area (Å²) in [6.07, 6.45) is -0.342. The molecule has 0 fully saturated rings. The van der Waals surface area contributed by atoms with Crippen LogP contribution in [0.1, 0.15) is 33.3 Å². The number of rotatable bonds is 6. The van der Waals surface area contributed by atoms with Gasteiger partial charge in [0.2, 0.25) is 0 Å². The zero-order valence-corrected chi connectivity index (χ0v) is 16.3. The molecule has 144 valence electrons. The van der Waals surface area contributed by atoms with E-state index in [2.05, 4.69) is 29.6 Å². The predicted octanol–water partition coefficient (Wildman–Crippen LogP) is 4.35. The predicted molar refractivity (Wildman–Crippen MR) is 105 cm³/mol. The Labute approximate surface area is 160 Å². The molecular weight excluding hydrogens is 342 g/mol. The molecular formula is C22H27NO4. The molecule has 5 nitrogen and oxygen atoms in total. The fourth-order valence-corrected chi connectivity index (χ4v) is 2.61. The van der Waals surface area contributed by atoms with E-state index in [4.69, 9.17) is 9.47 Å². The van der Waals surface area contributed by atoms with Crippen LogP contribution < -0.4 is 5.32 Å². The fraction of sp³-hybridized carbons (Fsp3) is 0.364. The molecule has 0 aromatic heterocycles. The normalized spacial score (nSPS) is 12.1. The first-order chi connectivity index (χ1) is 12.7. The molecule has 0 heterocycles. The first-order valence-electron chi connectivity index (χ1n) is 9.03. The van der Waals surface area contributed by atoms with Crippen LogP contribution in [-0.4, -0.2) is 30.3 Å². The number of carbonyl (C=O) groups excluding carboxylic acids is 2. The minimum absolute atomic E-state index is 0.219. The van der Waals surface area contributed by atoms with Crippen LogP contribution in [-0.2, 0) is 20.7 Å². The molecule has 0 aliphatic rings. The van der Waals surface area contributed by atoms with Crippen molar-refractivity contribution in [2.75, 3.05) is 6.54 Å². The van der Waals surface area contributed by atoms with Gasteiger partial charge in [-0.2, -0.15) is 0 Å². The summed E-state index contributed by atoms with van der Waals surface area (Å²) in [6, 6.07) is 18.3. The van der Waals surface area contributed by atoms with Gasteiger partial charge < -0.3 is 14.8 Å². The summed E-state index contributed by atoms with van der Waals surface area (Å²) in [6.45, 7) is 6.90. The number of carbonyl (C=O) groups is 2. The summed E-state index contributed by atoms with van der Waals surface area (Å²) in [5.41, 5.74) is 2.74. The van der Waals surface area contributed by atoms with E-state index in [1.165, 1.54) is 0 Å². The van der Waals surface area contributed by atoms with E-state index in [0.717, 1.165) is 16.7 Å². The van der Waals surface area contributed by atoms with E-state index in [9.17, 15) is 9.59 Å². The van der Waals surface area contributed by atoms with Gasteiger partial charge in [-0.3, -0.25) is 4.79 Å². The Morgan fingerprint density at radius 1 is 1.00 bits per heavy atom. The van der Waals surface area contributed by atoms with Gasteiger partial charge in [-0.05, 0) is 44.4 Å². The molecule has 2 aromatic rings. The maximum atomic E-state index is 11.9. The second-order valence-electron chi connectivity index (χ2n) is 7.43. The van der Waals surface area contributed by atoms with E-state index in [1.54, 1.807) is 20.8 Å². The quantitative estimate of drug-likeness (QED) is 0.769. The van der Waals surface area contributed by atoms with Gasteiger partial charge in [0, 0.05) is 6.42 Å².